The number of carbonyl (C=O) groups is 2. The molecule has 0 aromatic heterocycles. The van der Waals surface area contributed by atoms with Crippen LogP contribution in [0.1, 0.15) is 33.5 Å². The van der Waals surface area contributed by atoms with Crippen molar-refractivity contribution in [2.45, 2.75) is 27.2 Å². The smallest absolute Gasteiger partial charge is 0.346 e. The van der Waals surface area contributed by atoms with Gasteiger partial charge in [0.2, 0.25) is 0 Å². The highest BCUT2D eigenvalue weighted by atomic mass is 16.5. The molecule has 0 heterocycles. The number of esters is 1. The lowest BCUT2D eigenvalue weighted by Gasteiger charge is -2.13. The van der Waals surface area contributed by atoms with Crippen LogP contribution in [0.5, 0.6) is 17.2 Å². The minimum absolute atomic E-state index is 0.146. The maximum atomic E-state index is 12.3. The van der Waals surface area contributed by atoms with Gasteiger partial charge in [-0.1, -0.05) is 12.1 Å². The zero-order chi connectivity index (χ0) is 22.1. The third-order valence-electron chi connectivity index (χ3n) is 4.63. The fourth-order valence-corrected chi connectivity index (χ4v) is 2.94. The number of ether oxygens (including phenoxy) is 4. The minimum atomic E-state index is -0.687. The zero-order valence-electron chi connectivity index (χ0n) is 18.2. The fourth-order valence-electron chi connectivity index (χ4n) is 2.94. The zero-order valence-corrected chi connectivity index (χ0v) is 18.2. The predicted molar refractivity (Wildman–Crippen MR) is 114 cm³/mol. The maximum Gasteiger partial charge on any atom is 0.346 e. The highest BCUT2D eigenvalue weighted by Crippen LogP contribution is 2.28. The van der Waals surface area contributed by atoms with E-state index >= 15 is 0 Å². The Morgan fingerprint density at radius 3 is 2.27 bits per heavy atom. The van der Waals surface area contributed by atoms with Gasteiger partial charge < -0.3 is 24.3 Å². The van der Waals surface area contributed by atoms with Gasteiger partial charge in [-0.25, -0.2) is 4.79 Å². The molecule has 0 bridgehead atoms. The molecule has 2 aromatic rings. The molecule has 1 amide bonds. The standard InChI is InChI=1S/C23H29NO6/c1-15-12-16(2)17(3)20(13-15)29-11-7-10-24-21(25)14-30-23(26)22-18(27-4)8-6-9-19(22)28-5/h6,8-9,12-13H,7,10-11,14H2,1-5H3,(H,24,25). The van der Waals surface area contributed by atoms with Crippen molar-refractivity contribution < 1.29 is 28.5 Å². The molecular weight excluding hydrogens is 386 g/mol. The van der Waals surface area contributed by atoms with Gasteiger partial charge in [-0.3, -0.25) is 4.79 Å². The topological polar surface area (TPSA) is 83.1 Å². The summed E-state index contributed by atoms with van der Waals surface area (Å²) in [5.74, 6) is 0.420. The van der Waals surface area contributed by atoms with Gasteiger partial charge in [-0.15, -0.1) is 0 Å². The Labute approximate surface area is 177 Å². The van der Waals surface area contributed by atoms with E-state index in [0.29, 0.717) is 31.1 Å². The molecule has 7 nitrogen and oxygen atoms in total. The first-order chi connectivity index (χ1) is 14.4. The number of amides is 1. The Morgan fingerprint density at radius 2 is 1.63 bits per heavy atom. The van der Waals surface area contributed by atoms with Gasteiger partial charge >= 0.3 is 5.97 Å². The molecule has 0 fully saturated rings. The van der Waals surface area contributed by atoms with Crippen LogP contribution in [0.3, 0.4) is 0 Å². The first-order valence-corrected chi connectivity index (χ1v) is 9.72. The van der Waals surface area contributed by atoms with Gasteiger partial charge in [-0.05, 0) is 62.1 Å². The lowest BCUT2D eigenvalue weighted by molar-refractivity contribution is -0.124. The average Bonchev–Trinajstić information content (AvgIpc) is 2.74. The van der Waals surface area contributed by atoms with Crippen molar-refractivity contribution in [3.63, 3.8) is 0 Å². The van der Waals surface area contributed by atoms with Crippen molar-refractivity contribution in [1.29, 1.82) is 0 Å². The van der Waals surface area contributed by atoms with Crippen LogP contribution in [0.2, 0.25) is 0 Å². The van der Waals surface area contributed by atoms with Gasteiger partial charge in [-0.2, -0.15) is 0 Å². The van der Waals surface area contributed by atoms with E-state index in [0.717, 1.165) is 16.9 Å². The summed E-state index contributed by atoms with van der Waals surface area (Å²) in [5.41, 5.74) is 3.59. The van der Waals surface area contributed by atoms with Gasteiger partial charge in [0.05, 0.1) is 20.8 Å². The normalized spacial score (nSPS) is 10.3. The molecule has 30 heavy (non-hydrogen) atoms. The van der Waals surface area contributed by atoms with Crippen LogP contribution in [-0.2, 0) is 9.53 Å². The number of hydrogen-bond acceptors (Lipinski definition) is 6. The quantitative estimate of drug-likeness (QED) is 0.473. The largest absolute Gasteiger partial charge is 0.496 e. The highest BCUT2D eigenvalue weighted by Gasteiger charge is 2.20. The average molecular weight is 415 g/mol. The van der Waals surface area contributed by atoms with E-state index < -0.39 is 12.6 Å². The van der Waals surface area contributed by atoms with Crippen molar-refractivity contribution >= 4 is 11.9 Å². The molecule has 2 rings (SSSR count). The molecule has 7 heteroatoms. The van der Waals surface area contributed by atoms with Gasteiger partial charge in [0.25, 0.3) is 5.91 Å². The number of rotatable bonds is 10. The van der Waals surface area contributed by atoms with Gasteiger partial charge in [0.15, 0.2) is 6.61 Å². The number of hydrogen-bond donors (Lipinski definition) is 1. The molecule has 0 spiro atoms. The molecule has 0 saturated heterocycles. The van der Waals surface area contributed by atoms with E-state index in [1.165, 1.54) is 19.8 Å². The van der Waals surface area contributed by atoms with Crippen LogP contribution < -0.4 is 19.5 Å². The Balaban J connectivity index is 1.75. The molecule has 0 atom stereocenters. The van der Waals surface area contributed by atoms with Crippen molar-refractivity contribution in [2.75, 3.05) is 34.0 Å². The molecule has 162 valence electrons. The van der Waals surface area contributed by atoms with Crippen LogP contribution in [0.4, 0.5) is 0 Å². The lowest BCUT2D eigenvalue weighted by Crippen LogP contribution is -2.30. The van der Waals surface area contributed by atoms with Crippen LogP contribution in [0.15, 0.2) is 30.3 Å². The molecule has 0 unspecified atom stereocenters. The van der Waals surface area contributed by atoms with Crippen LogP contribution in [-0.4, -0.2) is 45.9 Å². The number of benzene rings is 2. The molecule has 2 aromatic carbocycles. The van der Waals surface area contributed by atoms with Crippen molar-refractivity contribution in [3.05, 3.63) is 52.6 Å². The van der Waals surface area contributed by atoms with E-state index in [4.69, 9.17) is 18.9 Å². The molecule has 1 N–H and O–H groups in total. The first-order valence-electron chi connectivity index (χ1n) is 9.72. The van der Waals surface area contributed by atoms with Crippen LogP contribution in [0, 0.1) is 20.8 Å². The summed E-state index contributed by atoms with van der Waals surface area (Å²) < 4.78 is 21.3. The lowest BCUT2D eigenvalue weighted by atomic mass is 10.1. The summed E-state index contributed by atoms with van der Waals surface area (Å²) in [6.07, 6.45) is 0.631. The van der Waals surface area contributed by atoms with Crippen LogP contribution in [0.25, 0.3) is 0 Å². The van der Waals surface area contributed by atoms with Gasteiger partial charge in [0.1, 0.15) is 22.8 Å². The van der Waals surface area contributed by atoms with E-state index in [1.54, 1.807) is 18.2 Å². The second kappa shape index (κ2) is 11.1. The Hall–Kier alpha value is -3.22. The molecular formula is C23H29NO6. The van der Waals surface area contributed by atoms with Crippen LogP contribution >= 0.6 is 0 Å². The maximum absolute atomic E-state index is 12.3. The molecule has 0 radical (unpaired) electrons. The van der Waals surface area contributed by atoms with E-state index in [2.05, 4.69) is 18.3 Å². The summed E-state index contributed by atoms with van der Waals surface area (Å²) in [5, 5.41) is 2.71. The Bertz CT molecular complexity index is 871. The van der Waals surface area contributed by atoms with E-state index in [9.17, 15) is 9.59 Å². The molecule has 0 aliphatic heterocycles. The Morgan fingerprint density at radius 1 is 0.967 bits per heavy atom. The number of carbonyl (C=O) groups excluding carboxylic acids is 2. The third kappa shape index (κ3) is 6.14. The highest BCUT2D eigenvalue weighted by molar-refractivity contribution is 5.96. The van der Waals surface area contributed by atoms with E-state index in [-0.39, 0.29) is 11.5 Å². The molecule has 0 aliphatic carbocycles. The minimum Gasteiger partial charge on any atom is -0.496 e. The number of aryl methyl sites for hydroxylation is 2. The summed E-state index contributed by atoms with van der Waals surface area (Å²) >= 11 is 0. The monoisotopic (exact) mass is 415 g/mol. The SMILES string of the molecule is COc1cccc(OC)c1C(=O)OCC(=O)NCCCOc1cc(C)cc(C)c1C. The molecule has 0 aliphatic rings. The van der Waals surface area contributed by atoms with Crippen molar-refractivity contribution in [3.8, 4) is 17.2 Å². The first kappa shape index (κ1) is 23.1. The van der Waals surface area contributed by atoms with Crippen molar-refractivity contribution in [2.24, 2.45) is 0 Å². The third-order valence-corrected chi connectivity index (χ3v) is 4.63. The summed E-state index contributed by atoms with van der Waals surface area (Å²) in [6.45, 7) is 6.60. The fraction of sp³-hybridized carbons (Fsp3) is 0.391. The molecule has 0 saturated carbocycles. The predicted octanol–water partition coefficient (Wildman–Crippen LogP) is 3.37. The second-order valence-corrected chi connectivity index (χ2v) is 6.87. The number of nitrogens with one attached hydrogen (secondary N) is 1. The van der Waals surface area contributed by atoms with Crippen molar-refractivity contribution in [1.82, 2.24) is 5.32 Å². The summed E-state index contributed by atoms with van der Waals surface area (Å²) in [6, 6.07) is 9.06. The Kier molecular flexibility index (Phi) is 8.53. The van der Waals surface area contributed by atoms with Gasteiger partial charge in [0, 0.05) is 6.54 Å². The number of methoxy groups -OCH3 is 2. The van der Waals surface area contributed by atoms with E-state index in [1.807, 2.05) is 19.9 Å². The second-order valence-electron chi connectivity index (χ2n) is 6.87. The summed E-state index contributed by atoms with van der Waals surface area (Å²) in [4.78, 5) is 24.3. The summed E-state index contributed by atoms with van der Waals surface area (Å²) in [7, 11) is 2.89.